The molecule has 0 atom stereocenters. The molecular formula is C52H76Br3N19O8Pt. The summed E-state index contributed by atoms with van der Waals surface area (Å²) >= 11 is 7.78. The molecule has 0 fully saturated rings. The molecule has 0 aliphatic carbocycles. The van der Waals surface area contributed by atoms with E-state index in [2.05, 4.69) is 120 Å². The fraction of sp³-hybridized carbons (Fsp3) is 0.423. The van der Waals surface area contributed by atoms with Crippen LogP contribution in [-0.4, -0.2) is 112 Å². The summed E-state index contributed by atoms with van der Waals surface area (Å²) in [5.41, 5.74) is 37.8. The van der Waals surface area contributed by atoms with Gasteiger partial charge in [-0.1, -0.05) is 24.3 Å². The number of nitrogen functional groups attached to an aromatic ring is 4. The summed E-state index contributed by atoms with van der Waals surface area (Å²) in [7, 11) is 0. The van der Waals surface area contributed by atoms with Crippen molar-refractivity contribution in [1.29, 1.82) is 0 Å². The molecule has 31 heteroatoms. The van der Waals surface area contributed by atoms with Gasteiger partial charge in [0.25, 0.3) is 0 Å². The number of H-pyrrole nitrogens is 1. The quantitative estimate of drug-likeness (QED) is 0.0188. The zero-order valence-corrected chi connectivity index (χ0v) is 54.7. The van der Waals surface area contributed by atoms with Crippen molar-refractivity contribution in [1.82, 2.24) is 60.8 Å². The third-order valence-electron chi connectivity index (χ3n) is 9.66. The minimum atomic E-state index is -1.92. The van der Waals surface area contributed by atoms with Crippen LogP contribution in [0.1, 0.15) is 106 Å². The number of carbonyl (C=O) groups excluding carboxylic acids is 3. The molecule has 0 radical (unpaired) electrons. The van der Waals surface area contributed by atoms with Crippen molar-refractivity contribution in [3.63, 3.8) is 0 Å². The first-order chi connectivity index (χ1) is 38.9. The summed E-state index contributed by atoms with van der Waals surface area (Å²) in [6.45, 7) is 18.2. The first kappa shape index (κ1) is 71.9. The average molecular weight is 1530 g/mol. The maximum atomic E-state index is 11.4. The van der Waals surface area contributed by atoms with Crippen LogP contribution in [-0.2, 0) is 58.8 Å². The molecule has 0 unspecified atom stereocenters. The Balaban J connectivity index is 0.000000551. The Labute approximate surface area is 517 Å². The van der Waals surface area contributed by atoms with Crippen LogP contribution < -0.4 is 50.4 Å². The number of alkyl carbamates (subject to hydrolysis) is 3. The summed E-state index contributed by atoms with van der Waals surface area (Å²) < 4.78 is 34.2. The van der Waals surface area contributed by atoms with Crippen molar-refractivity contribution < 1.29 is 55.3 Å². The first-order valence-electron chi connectivity index (χ1n) is 25.4. The van der Waals surface area contributed by atoms with E-state index in [0.29, 0.717) is 101 Å². The second-order valence-corrected chi connectivity index (χ2v) is 23.0. The minimum absolute atomic E-state index is 0. The number of aliphatic imine (C=N–C) groups is 1. The van der Waals surface area contributed by atoms with E-state index in [9.17, 15) is 14.4 Å². The van der Waals surface area contributed by atoms with Crippen LogP contribution in [0.3, 0.4) is 0 Å². The Morgan fingerprint density at radius 3 is 1.53 bits per heavy atom. The normalized spacial score (nSPS) is 11.0. The monoisotopic (exact) mass is 1530 g/mol. The average Bonchev–Trinajstić information content (AvgIpc) is 4.09. The Morgan fingerprint density at radius 2 is 1.05 bits per heavy atom. The van der Waals surface area contributed by atoms with Gasteiger partial charge in [0.2, 0.25) is 0 Å². The molecule has 5 heterocycles. The molecule has 5 aromatic heterocycles. The molecule has 0 bridgehead atoms. The van der Waals surface area contributed by atoms with Gasteiger partial charge in [0, 0.05) is 50.3 Å². The van der Waals surface area contributed by atoms with E-state index in [1.807, 2.05) is 65.9 Å². The predicted octanol–water partition coefficient (Wildman–Crippen LogP) is 8.34. The molecule has 6 aromatic rings. The van der Waals surface area contributed by atoms with E-state index in [-0.39, 0.29) is 7.39 Å². The summed E-state index contributed by atoms with van der Waals surface area (Å²) in [6, 6.07) is 8.07. The molecule has 3 amide bonds. The Bertz CT molecular complexity index is 3050. The third-order valence-corrected chi connectivity index (χ3v) is 10.8. The number of benzene rings is 1. The molecule has 1 aromatic carbocycles. The van der Waals surface area contributed by atoms with E-state index in [0.717, 1.165) is 45.7 Å². The summed E-state index contributed by atoms with van der Waals surface area (Å²) in [5.74, 6) is 1.70. The van der Waals surface area contributed by atoms with Crippen LogP contribution in [0.5, 0.6) is 0 Å². The zero-order valence-electron chi connectivity index (χ0n) is 47.6. The maximum absolute atomic E-state index is 11.4. The van der Waals surface area contributed by atoms with E-state index >= 15 is 0 Å². The molecule has 458 valence electrons. The van der Waals surface area contributed by atoms with Gasteiger partial charge in [-0.05, 0) is 161 Å². The summed E-state index contributed by atoms with van der Waals surface area (Å²) in [5, 5.41) is 9.07. The number of carbonyl (C=O) groups is 3. The molecular weight excluding hydrogens is 1450 g/mol. The molecule has 0 aliphatic heterocycles. The number of anilines is 4. The van der Waals surface area contributed by atoms with E-state index in [1.54, 1.807) is 51.5 Å². The number of nitrogens with two attached hydrogens (primary N) is 6. The van der Waals surface area contributed by atoms with Gasteiger partial charge in [-0.15, -0.1) is 0 Å². The van der Waals surface area contributed by atoms with Crippen molar-refractivity contribution in [2.75, 3.05) is 49.1 Å². The van der Waals surface area contributed by atoms with Crippen molar-refractivity contribution >= 4 is 112 Å². The molecule has 0 aliphatic rings. The van der Waals surface area contributed by atoms with Crippen LogP contribution >= 0.6 is 47.8 Å². The van der Waals surface area contributed by atoms with Gasteiger partial charge in [-0.25, -0.2) is 54.3 Å². The van der Waals surface area contributed by atoms with Crippen molar-refractivity contribution in [3.8, 4) is 11.3 Å². The standard InChI is InChI=1S/C16H19N7.2C12H19BrN4O2.C12H17BrN4O2.2O.Pt.H2/c17-15-13(6-3-7-20-16(18)19)23-14(9-22-15)11-8-21-12-5-2-1-4-10(11)12;3*1-12(2,3)19-11(18)15-6-4-5-8-10(14)16-7-9(13)17-8;;;;/h1-2,4-5,8-9,21H,3,6-7H2,(H2,17,22)(H4,18,19,20);2*7H,4-6H2,1-3H3,(H2,14,16)(H,15,18);4-5,7H,6H2,1-3H3,(H2,14,16)(H,15,18);;;;1H/b;;;5-4+;;;;. The van der Waals surface area contributed by atoms with Gasteiger partial charge in [0.05, 0.1) is 47.6 Å². The van der Waals surface area contributed by atoms with Gasteiger partial charge >= 0.3 is 43.6 Å². The van der Waals surface area contributed by atoms with E-state index in [4.69, 9.17) is 55.4 Å². The fourth-order valence-corrected chi connectivity index (χ4v) is 7.27. The number of nitrogens with zero attached hydrogens (tertiary/aromatic N) is 9. The van der Waals surface area contributed by atoms with Crippen molar-refractivity contribution in [2.45, 2.75) is 118 Å². The number of fused-ring (bicyclic) bond motifs is 1. The van der Waals surface area contributed by atoms with Gasteiger partial charge in [0.15, 0.2) is 5.96 Å². The number of aromatic amines is 1. The number of aryl methyl sites for hydroxylation is 3. The number of halogens is 3. The van der Waals surface area contributed by atoms with Crippen molar-refractivity contribution in [2.24, 2.45) is 16.5 Å². The summed E-state index contributed by atoms with van der Waals surface area (Å²) in [6.07, 6.45) is 14.5. The molecule has 0 saturated heterocycles. The number of nitrogens with one attached hydrogen (secondary N) is 4. The van der Waals surface area contributed by atoms with Crippen molar-refractivity contribution in [3.05, 3.63) is 97.9 Å². The number of hydrogen-bond acceptors (Lipinski definition) is 21. The Kier molecular flexibility index (Phi) is 31.6. The zero-order chi connectivity index (χ0) is 62.3. The van der Waals surface area contributed by atoms with Crippen LogP contribution in [0.4, 0.5) is 37.7 Å². The SMILES string of the molecule is CC(C)(C)OC(=O)NC/C=C/c1nc(Br)cnc1N.CC(C)(C)OC(=O)NCCCc1nc(Br)cnc1N.CC(C)(C)OC(=O)NCCCc1nc(Br)cnc1N.NC(N)=NCCCc1nc(-c2c[nH]c3ccccc23)cnc1N.[HH].[O]=[Pt]=[O]. The number of amides is 3. The second kappa shape index (κ2) is 36.4. The van der Waals surface area contributed by atoms with E-state index in [1.165, 1.54) is 6.20 Å². The fourth-order valence-electron chi connectivity index (χ4n) is 6.34. The Morgan fingerprint density at radius 1 is 0.627 bits per heavy atom. The number of hydrogen-bond donors (Lipinski definition) is 10. The van der Waals surface area contributed by atoms with Crippen LogP contribution in [0, 0.1) is 0 Å². The molecule has 16 N–H and O–H groups in total. The molecule has 83 heavy (non-hydrogen) atoms. The first-order valence-corrected chi connectivity index (χ1v) is 29.6. The molecule has 0 saturated carbocycles. The number of aromatic nitrogens is 9. The second-order valence-electron chi connectivity index (χ2n) is 20.2. The molecule has 6 rings (SSSR count). The number of guanidine groups is 1. The van der Waals surface area contributed by atoms with E-state index < -0.39 is 53.6 Å². The number of ether oxygens (including phenoxy) is 3. The molecule has 27 nitrogen and oxygen atoms in total. The van der Waals surface area contributed by atoms with Crippen LogP contribution in [0.15, 0.2) is 80.1 Å². The predicted molar refractivity (Wildman–Crippen MR) is 327 cm³/mol. The number of para-hydroxylation sites is 1. The van der Waals surface area contributed by atoms with Gasteiger partial charge < -0.3 is 69.5 Å². The Hall–Kier alpha value is -7.17. The van der Waals surface area contributed by atoms with Crippen LogP contribution in [0.25, 0.3) is 28.2 Å². The van der Waals surface area contributed by atoms with Gasteiger partial charge in [-0.2, -0.15) is 0 Å². The third kappa shape index (κ3) is 31.7. The van der Waals surface area contributed by atoms with Gasteiger partial charge in [0.1, 0.15) is 59.6 Å². The molecule has 0 spiro atoms. The van der Waals surface area contributed by atoms with Gasteiger partial charge in [-0.3, -0.25) is 4.99 Å². The number of rotatable bonds is 16. The summed E-state index contributed by atoms with van der Waals surface area (Å²) in [4.78, 5) is 74.9. The topological polar surface area (TPSA) is 437 Å². The van der Waals surface area contributed by atoms with Crippen LogP contribution in [0.2, 0.25) is 0 Å².